The van der Waals surface area contributed by atoms with E-state index >= 15 is 0 Å². The Morgan fingerprint density at radius 3 is 1.27 bits per heavy atom. The van der Waals surface area contributed by atoms with Gasteiger partial charge in [0.2, 0.25) is 0 Å². The number of hydrogen-bond acceptors (Lipinski definition) is 7. The third kappa shape index (κ3) is 50.7. The number of rotatable bonds is 50. The zero-order valence-electron chi connectivity index (χ0n) is 44.1. The van der Waals surface area contributed by atoms with Crippen LogP contribution in [-0.4, -0.2) is 87.4 Å². The first-order chi connectivity index (χ1) is 32.6. The number of carbonyl (C=O) groups is 3. The molecule has 0 rings (SSSR count). The lowest BCUT2D eigenvalue weighted by Gasteiger charge is -2.25. The Labute approximate surface area is 412 Å². The smallest absolute Gasteiger partial charge is 0.361 e. The second-order valence-electron chi connectivity index (χ2n) is 19.5. The summed E-state index contributed by atoms with van der Waals surface area (Å²) in [6.45, 7) is 4.74. The number of carboxylic acid groups (broad SMARTS) is 1. The van der Waals surface area contributed by atoms with E-state index in [1.807, 2.05) is 21.1 Å². The Morgan fingerprint density at radius 2 is 0.851 bits per heavy atom. The minimum absolute atomic E-state index is 0.180. The molecule has 0 spiro atoms. The first-order valence-corrected chi connectivity index (χ1v) is 27.5. The van der Waals surface area contributed by atoms with Crippen LogP contribution in [-0.2, 0) is 33.3 Å². The van der Waals surface area contributed by atoms with Crippen LogP contribution >= 0.6 is 0 Å². The van der Waals surface area contributed by atoms with Crippen molar-refractivity contribution >= 4 is 17.9 Å². The molecule has 0 aromatic heterocycles. The minimum Gasteiger partial charge on any atom is -0.477 e. The van der Waals surface area contributed by atoms with E-state index in [1.54, 1.807) is 0 Å². The van der Waals surface area contributed by atoms with Gasteiger partial charge in [-0.3, -0.25) is 9.59 Å². The first-order valence-electron chi connectivity index (χ1n) is 27.5. The highest BCUT2D eigenvalue weighted by Crippen LogP contribution is 2.16. The van der Waals surface area contributed by atoms with Gasteiger partial charge >= 0.3 is 17.9 Å². The largest absolute Gasteiger partial charge is 0.477 e. The van der Waals surface area contributed by atoms with E-state index in [0.29, 0.717) is 23.9 Å². The topological polar surface area (TPSA) is 108 Å². The highest BCUT2D eigenvalue weighted by atomic mass is 16.7. The number of quaternary nitrogens is 1. The molecule has 0 saturated heterocycles. The predicted molar refractivity (Wildman–Crippen MR) is 281 cm³/mol. The van der Waals surface area contributed by atoms with Gasteiger partial charge in [0, 0.05) is 12.8 Å². The van der Waals surface area contributed by atoms with Crippen LogP contribution in [0.3, 0.4) is 0 Å². The fourth-order valence-electron chi connectivity index (χ4n) is 7.57. The highest BCUT2D eigenvalue weighted by Gasteiger charge is 2.25. The molecule has 1 N–H and O–H groups in total. The fraction of sp³-hybridized carbons (Fsp3) is 0.776. The number of carbonyl (C=O) groups excluding carboxylic acids is 2. The normalized spacial score (nSPS) is 13.3. The van der Waals surface area contributed by atoms with E-state index < -0.39 is 24.3 Å². The highest BCUT2D eigenvalue weighted by molar-refractivity contribution is 5.71. The maximum absolute atomic E-state index is 12.8. The van der Waals surface area contributed by atoms with Gasteiger partial charge in [-0.15, -0.1) is 0 Å². The van der Waals surface area contributed by atoms with E-state index in [0.717, 1.165) is 70.6 Å². The number of allylic oxidation sites excluding steroid dienone is 10. The molecule has 0 heterocycles. The number of hydrogen-bond donors (Lipinski definition) is 1. The van der Waals surface area contributed by atoms with Gasteiger partial charge in [-0.1, -0.05) is 222 Å². The molecule has 0 amide bonds. The second kappa shape index (κ2) is 49.4. The van der Waals surface area contributed by atoms with Crippen molar-refractivity contribution in [2.45, 2.75) is 245 Å². The van der Waals surface area contributed by atoms with Crippen LogP contribution in [0.1, 0.15) is 232 Å². The number of carboxylic acids is 1. The van der Waals surface area contributed by atoms with Crippen LogP contribution in [0, 0.1) is 0 Å². The number of likely N-dealkylation sites (N-methyl/N-ethyl adjacent to an activating group) is 1. The number of unbranched alkanes of at least 4 members (excludes halogenated alkanes) is 25. The van der Waals surface area contributed by atoms with Crippen LogP contribution in [0.5, 0.6) is 0 Å². The SMILES string of the molecule is CC/C=C\C/C=C\C/C=C\C/C=C\C/C=C\CCCCCC(=O)OC(COC(=O)CCCCCCCCCCCCCCCCCCCCCCCCC)COC(OCC[N+](C)(C)C)C(=O)O. The van der Waals surface area contributed by atoms with Crippen LogP contribution < -0.4 is 0 Å². The molecule has 388 valence electrons. The average molecular weight is 943 g/mol. The number of ether oxygens (including phenoxy) is 4. The molecule has 2 atom stereocenters. The molecule has 0 aromatic rings. The Morgan fingerprint density at radius 1 is 0.463 bits per heavy atom. The summed E-state index contributed by atoms with van der Waals surface area (Å²) in [5.41, 5.74) is 0. The summed E-state index contributed by atoms with van der Waals surface area (Å²) in [6.07, 6.45) is 58.7. The molecular weight excluding hydrogens is 839 g/mol. The summed E-state index contributed by atoms with van der Waals surface area (Å²) >= 11 is 0. The van der Waals surface area contributed by atoms with Gasteiger partial charge in [-0.25, -0.2) is 4.79 Å². The van der Waals surface area contributed by atoms with Crippen LogP contribution in [0.15, 0.2) is 60.8 Å². The Bertz CT molecular complexity index is 1280. The van der Waals surface area contributed by atoms with E-state index in [2.05, 4.69) is 74.6 Å². The van der Waals surface area contributed by atoms with Gasteiger partial charge in [0.05, 0.1) is 34.4 Å². The lowest BCUT2D eigenvalue weighted by Crippen LogP contribution is -2.40. The van der Waals surface area contributed by atoms with Gasteiger partial charge in [-0.05, 0) is 57.8 Å². The summed E-state index contributed by atoms with van der Waals surface area (Å²) in [4.78, 5) is 37.3. The molecule has 0 aliphatic rings. The minimum atomic E-state index is -1.52. The Balaban J connectivity index is 4.31. The number of esters is 2. The molecule has 9 heteroatoms. The van der Waals surface area contributed by atoms with E-state index in [1.165, 1.54) is 128 Å². The third-order valence-corrected chi connectivity index (χ3v) is 11.8. The van der Waals surface area contributed by atoms with Crippen molar-refractivity contribution in [3.63, 3.8) is 0 Å². The Kier molecular flexibility index (Phi) is 47.2. The molecule has 0 aromatic carbocycles. The molecule has 0 aliphatic heterocycles. The van der Waals surface area contributed by atoms with Crippen molar-refractivity contribution in [3.05, 3.63) is 60.8 Å². The van der Waals surface area contributed by atoms with Crippen LogP contribution in [0.4, 0.5) is 0 Å². The quantitative estimate of drug-likeness (QED) is 0.0211. The monoisotopic (exact) mass is 943 g/mol. The molecule has 9 nitrogen and oxygen atoms in total. The second-order valence-corrected chi connectivity index (χ2v) is 19.5. The van der Waals surface area contributed by atoms with Gasteiger partial charge < -0.3 is 28.5 Å². The molecular formula is C58H104NO8+. The van der Waals surface area contributed by atoms with Gasteiger partial charge in [0.1, 0.15) is 13.2 Å². The number of aliphatic carboxylic acids is 1. The maximum Gasteiger partial charge on any atom is 0.361 e. The van der Waals surface area contributed by atoms with Crippen molar-refractivity contribution in [2.75, 3.05) is 47.5 Å². The maximum atomic E-state index is 12.8. The van der Waals surface area contributed by atoms with Gasteiger partial charge in [-0.2, -0.15) is 0 Å². The van der Waals surface area contributed by atoms with Crippen molar-refractivity contribution in [3.8, 4) is 0 Å². The van der Waals surface area contributed by atoms with Crippen LogP contribution in [0.25, 0.3) is 0 Å². The van der Waals surface area contributed by atoms with E-state index in [-0.39, 0.29) is 32.2 Å². The lowest BCUT2D eigenvalue weighted by molar-refractivity contribution is -0.870. The molecule has 0 fully saturated rings. The Hall–Kier alpha value is -3.01. The molecule has 0 saturated carbocycles. The zero-order chi connectivity index (χ0) is 49.2. The fourth-order valence-corrected chi connectivity index (χ4v) is 7.57. The van der Waals surface area contributed by atoms with Crippen molar-refractivity contribution in [2.24, 2.45) is 0 Å². The summed E-state index contributed by atoms with van der Waals surface area (Å²) in [6, 6.07) is 0. The summed E-state index contributed by atoms with van der Waals surface area (Å²) in [5.74, 6) is -2.04. The standard InChI is InChI=1S/C58H103NO8/c1-6-8-10-12-14-16-18-20-22-24-26-27-28-29-31-32-34-36-38-40-42-44-46-48-55(60)65-52-54(53-66-58(57(62)63)64-51-50-59(3,4)5)67-56(61)49-47-45-43-41-39-37-35-33-30-25-23-21-19-17-15-13-11-9-7-2/h9,11,15,17,21,23,30,33,37,39,54,58H,6-8,10,12-14,16,18-20,22,24-29,31-32,34-36,38,40-53H2,1-5H3/p+1/b11-9-,17-15-,23-21-,33-30-,39-37-. The molecule has 0 bridgehead atoms. The van der Waals surface area contributed by atoms with Crippen LogP contribution in [0.2, 0.25) is 0 Å². The van der Waals surface area contributed by atoms with E-state index in [4.69, 9.17) is 18.9 Å². The average Bonchev–Trinajstić information content (AvgIpc) is 3.29. The summed E-state index contributed by atoms with van der Waals surface area (Å²) in [7, 11) is 5.95. The molecule has 0 aliphatic carbocycles. The van der Waals surface area contributed by atoms with Gasteiger partial charge in [0.25, 0.3) is 6.29 Å². The van der Waals surface area contributed by atoms with Crippen molar-refractivity contribution in [1.82, 2.24) is 0 Å². The zero-order valence-corrected chi connectivity index (χ0v) is 44.1. The predicted octanol–water partition coefficient (Wildman–Crippen LogP) is 15.7. The lowest BCUT2D eigenvalue weighted by atomic mass is 10.0. The summed E-state index contributed by atoms with van der Waals surface area (Å²) in [5, 5.41) is 9.68. The first kappa shape index (κ1) is 64.0. The molecule has 2 unspecified atom stereocenters. The van der Waals surface area contributed by atoms with E-state index in [9.17, 15) is 19.5 Å². The van der Waals surface area contributed by atoms with Crippen molar-refractivity contribution in [1.29, 1.82) is 0 Å². The van der Waals surface area contributed by atoms with Gasteiger partial charge in [0.15, 0.2) is 6.10 Å². The number of nitrogens with zero attached hydrogens (tertiary/aromatic N) is 1. The van der Waals surface area contributed by atoms with Crippen molar-refractivity contribution < 1.29 is 42.9 Å². The molecule has 67 heavy (non-hydrogen) atoms. The third-order valence-electron chi connectivity index (χ3n) is 11.8. The molecule has 0 radical (unpaired) electrons. The summed E-state index contributed by atoms with van der Waals surface area (Å²) < 4.78 is 22.8.